The van der Waals surface area contributed by atoms with E-state index in [1.807, 2.05) is 24.3 Å². The number of hydrogen-bond acceptors (Lipinski definition) is 3. The normalized spacial score (nSPS) is 27.0. The molecule has 1 unspecified atom stereocenters. The van der Waals surface area contributed by atoms with Gasteiger partial charge in [-0.25, -0.2) is 0 Å². The molecule has 1 saturated carbocycles. The number of carboxylic acids is 1. The minimum atomic E-state index is -0.792. The first-order valence-corrected chi connectivity index (χ1v) is 7.38. The zero-order valence-corrected chi connectivity index (χ0v) is 11.7. The monoisotopic (exact) mass is 289 g/mol. The summed E-state index contributed by atoms with van der Waals surface area (Å²) in [5.41, 5.74) is 1.17. The van der Waals surface area contributed by atoms with Gasteiger partial charge in [-0.15, -0.1) is 0 Å². The van der Waals surface area contributed by atoms with Gasteiger partial charge in [0, 0.05) is 12.3 Å². The van der Waals surface area contributed by atoms with E-state index in [-0.39, 0.29) is 23.8 Å². The summed E-state index contributed by atoms with van der Waals surface area (Å²) in [7, 11) is 0. The van der Waals surface area contributed by atoms with Crippen molar-refractivity contribution < 1.29 is 19.4 Å². The smallest absolute Gasteiger partial charge is 0.306 e. The number of nitrogens with one attached hydrogen (secondary N) is 1. The molecule has 1 aliphatic heterocycles. The van der Waals surface area contributed by atoms with Gasteiger partial charge < -0.3 is 15.2 Å². The highest BCUT2D eigenvalue weighted by Crippen LogP contribution is 2.31. The second-order valence-corrected chi connectivity index (χ2v) is 5.84. The van der Waals surface area contributed by atoms with Crippen LogP contribution in [-0.2, 0) is 16.0 Å². The molecule has 1 aliphatic carbocycles. The van der Waals surface area contributed by atoms with Crippen LogP contribution in [0.5, 0.6) is 5.75 Å². The predicted octanol–water partition coefficient (Wildman–Crippen LogP) is 1.61. The molecule has 1 aromatic rings. The number of carbonyl (C=O) groups excluding carboxylic acids is 1. The van der Waals surface area contributed by atoms with Gasteiger partial charge in [0.1, 0.15) is 11.9 Å². The fraction of sp³-hybridized carbons (Fsp3) is 0.500. The molecular formula is C16H19NO4. The molecule has 0 radical (unpaired) electrons. The first-order chi connectivity index (χ1) is 10.1. The van der Waals surface area contributed by atoms with Gasteiger partial charge in [-0.3, -0.25) is 9.59 Å². The zero-order valence-electron chi connectivity index (χ0n) is 11.7. The van der Waals surface area contributed by atoms with E-state index in [9.17, 15) is 9.59 Å². The number of amides is 1. The lowest BCUT2D eigenvalue weighted by atomic mass is 10.0. The highest BCUT2D eigenvalue weighted by molar-refractivity contribution is 5.80. The first-order valence-electron chi connectivity index (χ1n) is 7.38. The van der Waals surface area contributed by atoms with Crippen LogP contribution in [0.25, 0.3) is 0 Å². The van der Waals surface area contributed by atoms with Gasteiger partial charge in [0.05, 0.1) is 12.5 Å². The molecule has 1 heterocycles. The minimum Gasteiger partial charge on any atom is -0.488 e. The number of carbonyl (C=O) groups is 2. The summed E-state index contributed by atoms with van der Waals surface area (Å²) in [6.07, 6.45) is 2.49. The molecule has 0 bridgehead atoms. The first kappa shape index (κ1) is 13.9. The Morgan fingerprint density at radius 2 is 2.00 bits per heavy atom. The lowest BCUT2D eigenvalue weighted by Crippen LogP contribution is -2.37. The molecule has 3 atom stereocenters. The molecule has 0 aromatic heterocycles. The molecule has 0 saturated heterocycles. The van der Waals surface area contributed by atoms with Gasteiger partial charge in [-0.2, -0.15) is 0 Å². The molecule has 2 N–H and O–H groups in total. The van der Waals surface area contributed by atoms with Crippen molar-refractivity contribution >= 4 is 11.9 Å². The van der Waals surface area contributed by atoms with E-state index in [1.54, 1.807) is 0 Å². The van der Waals surface area contributed by atoms with Crippen LogP contribution in [0.3, 0.4) is 0 Å². The summed E-state index contributed by atoms with van der Waals surface area (Å²) in [4.78, 5) is 23.0. The van der Waals surface area contributed by atoms with Crippen LogP contribution in [0.4, 0.5) is 0 Å². The van der Waals surface area contributed by atoms with E-state index in [1.165, 1.54) is 5.56 Å². The van der Waals surface area contributed by atoms with E-state index in [0.717, 1.165) is 12.2 Å². The number of rotatable bonds is 4. The Hall–Kier alpha value is -2.04. The summed E-state index contributed by atoms with van der Waals surface area (Å²) in [5, 5.41) is 11.9. The minimum absolute atomic E-state index is 0.0250. The summed E-state index contributed by atoms with van der Waals surface area (Å²) < 4.78 is 5.77. The van der Waals surface area contributed by atoms with E-state index >= 15 is 0 Å². The molecule has 3 rings (SSSR count). The van der Waals surface area contributed by atoms with Gasteiger partial charge >= 0.3 is 5.97 Å². The van der Waals surface area contributed by atoms with E-state index in [2.05, 4.69) is 5.32 Å². The zero-order chi connectivity index (χ0) is 14.8. The second-order valence-electron chi connectivity index (χ2n) is 5.84. The number of carboxylic acid groups (broad SMARTS) is 1. The molecule has 1 amide bonds. The Labute approximate surface area is 123 Å². The molecular weight excluding hydrogens is 270 g/mol. The van der Waals surface area contributed by atoms with Crippen molar-refractivity contribution in [1.29, 1.82) is 0 Å². The van der Waals surface area contributed by atoms with Crippen LogP contribution in [0.15, 0.2) is 24.3 Å². The Kier molecular flexibility index (Phi) is 3.82. The Morgan fingerprint density at radius 1 is 1.24 bits per heavy atom. The third kappa shape index (κ3) is 3.01. The maximum Gasteiger partial charge on any atom is 0.306 e. The van der Waals surface area contributed by atoms with Crippen molar-refractivity contribution in [3.63, 3.8) is 0 Å². The topological polar surface area (TPSA) is 75.6 Å². The van der Waals surface area contributed by atoms with Crippen LogP contribution >= 0.6 is 0 Å². The van der Waals surface area contributed by atoms with Crippen molar-refractivity contribution in [2.24, 2.45) is 11.8 Å². The maximum atomic E-state index is 12.1. The van der Waals surface area contributed by atoms with Gasteiger partial charge in [-0.1, -0.05) is 18.2 Å². The largest absolute Gasteiger partial charge is 0.488 e. The quantitative estimate of drug-likeness (QED) is 0.883. The highest BCUT2D eigenvalue weighted by Gasteiger charge is 2.34. The van der Waals surface area contributed by atoms with Gasteiger partial charge in [-0.05, 0) is 30.9 Å². The van der Waals surface area contributed by atoms with E-state index in [4.69, 9.17) is 9.84 Å². The molecule has 1 fully saturated rings. The molecule has 0 spiro atoms. The van der Waals surface area contributed by atoms with Crippen molar-refractivity contribution in [3.8, 4) is 5.75 Å². The lowest BCUT2D eigenvalue weighted by Gasteiger charge is -2.14. The van der Waals surface area contributed by atoms with Crippen LogP contribution < -0.4 is 10.1 Å². The third-order valence-electron chi connectivity index (χ3n) is 4.37. The number of fused-ring (bicyclic) bond motifs is 1. The average Bonchev–Trinajstić information content (AvgIpc) is 3.11. The van der Waals surface area contributed by atoms with E-state index < -0.39 is 5.97 Å². The molecule has 2 aliphatic rings. The predicted molar refractivity (Wildman–Crippen MR) is 76.0 cm³/mol. The summed E-state index contributed by atoms with van der Waals surface area (Å²) in [5.74, 6) is -0.482. The maximum absolute atomic E-state index is 12.1. The fourth-order valence-electron chi connectivity index (χ4n) is 3.17. The molecule has 5 heteroatoms. The number of hydrogen-bond donors (Lipinski definition) is 2. The van der Waals surface area contributed by atoms with Crippen molar-refractivity contribution in [1.82, 2.24) is 5.32 Å². The van der Waals surface area contributed by atoms with Gasteiger partial charge in [0.25, 0.3) is 0 Å². The Balaban J connectivity index is 1.46. The fourth-order valence-corrected chi connectivity index (χ4v) is 3.17. The summed E-state index contributed by atoms with van der Waals surface area (Å²) in [6.45, 7) is 0.474. The number of ether oxygens (including phenoxy) is 1. The third-order valence-corrected chi connectivity index (χ3v) is 4.37. The van der Waals surface area contributed by atoms with E-state index in [0.29, 0.717) is 25.8 Å². The second kappa shape index (κ2) is 5.76. The molecule has 1 aromatic carbocycles. The highest BCUT2D eigenvalue weighted by atomic mass is 16.5. The standard InChI is InChI=1S/C16H19NO4/c18-15(11-5-6-12(7-11)16(19)20)17-9-13-8-10-3-1-2-4-14(10)21-13/h1-4,11-13H,5-9H2,(H,17,18)(H,19,20)/t11-,12+,13?/m1/s1. The molecule has 112 valence electrons. The van der Waals surface area contributed by atoms with Gasteiger partial charge in [0.15, 0.2) is 0 Å². The SMILES string of the molecule is O=C(O)[C@H]1CC[C@@H](C(=O)NCC2Cc3ccccc3O2)C1. The Bertz CT molecular complexity index is 532. The molecule has 5 nitrogen and oxygen atoms in total. The van der Waals surface area contributed by atoms with Gasteiger partial charge in [0.2, 0.25) is 5.91 Å². The lowest BCUT2D eigenvalue weighted by molar-refractivity contribution is -0.141. The summed E-state index contributed by atoms with van der Waals surface area (Å²) in [6, 6.07) is 7.88. The van der Waals surface area contributed by atoms with Crippen molar-refractivity contribution in [2.75, 3.05) is 6.54 Å². The van der Waals surface area contributed by atoms with Crippen LogP contribution in [-0.4, -0.2) is 29.6 Å². The Morgan fingerprint density at radius 3 is 2.71 bits per heavy atom. The van der Waals surface area contributed by atoms with Crippen molar-refractivity contribution in [2.45, 2.75) is 31.8 Å². The van der Waals surface area contributed by atoms with Crippen LogP contribution in [0.1, 0.15) is 24.8 Å². The van der Waals surface area contributed by atoms with Crippen LogP contribution in [0, 0.1) is 11.8 Å². The number of benzene rings is 1. The van der Waals surface area contributed by atoms with Crippen LogP contribution in [0.2, 0.25) is 0 Å². The number of para-hydroxylation sites is 1. The molecule has 21 heavy (non-hydrogen) atoms. The average molecular weight is 289 g/mol. The number of aliphatic carboxylic acids is 1. The van der Waals surface area contributed by atoms with Crippen molar-refractivity contribution in [3.05, 3.63) is 29.8 Å². The summed E-state index contributed by atoms with van der Waals surface area (Å²) >= 11 is 0.